The number of hydrogen-bond acceptors (Lipinski definition) is 4. The average Bonchev–Trinajstić information content (AvgIpc) is 2.66. The summed E-state index contributed by atoms with van der Waals surface area (Å²) in [5.74, 6) is 1.87. The van der Waals surface area contributed by atoms with E-state index in [1.807, 2.05) is 57.2 Å². The molecule has 0 aliphatic rings. The van der Waals surface area contributed by atoms with Crippen molar-refractivity contribution in [2.45, 2.75) is 39.8 Å². The predicted octanol–water partition coefficient (Wildman–Crippen LogP) is 3.79. The van der Waals surface area contributed by atoms with E-state index in [-0.39, 0.29) is 5.91 Å². The molecule has 0 aromatic heterocycles. The minimum atomic E-state index is -0.530. The Balaban J connectivity index is 1.99. The molecule has 5 nitrogen and oxygen atoms in total. The maximum atomic E-state index is 12.5. The molecule has 2 rings (SSSR count). The van der Waals surface area contributed by atoms with Gasteiger partial charge in [0.2, 0.25) is 0 Å². The van der Waals surface area contributed by atoms with E-state index in [0.717, 1.165) is 11.1 Å². The van der Waals surface area contributed by atoms with E-state index in [0.29, 0.717) is 30.2 Å². The van der Waals surface area contributed by atoms with Crippen molar-refractivity contribution < 1.29 is 19.0 Å². The molecule has 0 unspecified atom stereocenters. The SMILES string of the molecule is CC[C@H](Oc1ccc(C)c(C)c1)C(=O)NCc1ccc(OC)c(OC)c1. The molecule has 0 aliphatic heterocycles. The van der Waals surface area contributed by atoms with Crippen molar-refractivity contribution in [2.24, 2.45) is 0 Å². The van der Waals surface area contributed by atoms with Crippen molar-refractivity contribution in [3.63, 3.8) is 0 Å². The van der Waals surface area contributed by atoms with Crippen LogP contribution in [0.4, 0.5) is 0 Å². The van der Waals surface area contributed by atoms with Crippen LogP contribution in [0.1, 0.15) is 30.0 Å². The standard InChI is InChI=1S/C21H27NO4/c1-6-18(26-17-9-7-14(2)15(3)11-17)21(23)22-13-16-8-10-19(24-4)20(12-16)25-5/h7-12,18H,6,13H2,1-5H3,(H,22,23)/t18-/m0/s1. The van der Waals surface area contributed by atoms with Crippen LogP contribution in [0.2, 0.25) is 0 Å². The zero-order valence-corrected chi connectivity index (χ0v) is 16.1. The summed E-state index contributed by atoms with van der Waals surface area (Å²) in [5, 5.41) is 2.92. The van der Waals surface area contributed by atoms with Crippen LogP contribution in [0.15, 0.2) is 36.4 Å². The summed E-state index contributed by atoms with van der Waals surface area (Å²) in [6.45, 7) is 6.40. The van der Waals surface area contributed by atoms with Gasteiger partial charge in [-0.15, -0.1) is 0 Å². The van der Waals surface area contributed by atoms with Crippen molar-refractivity contribution in [3.05, 3.63) is 53.1 Å². The van der Waals surface area contributed by atoms with E-state index in [9.17, 15) is 4.79 Å². The largest absolute Gasteiger partial charge is 0.493 e. The van der Waals surface area contributed by atoms with Crippen LogP contribution in [0, 0.1) is 13.8 Å². The minimum Gasteiger partial charge on any atom is -0.493 e. The summed E-state index contributed by atoms with van der Waals surface area (Å²) >= 11 is 0. The number of ether oxygens (including phenoxy) is 3. The zero-order valence-electron chi connectivity index (χ0n) is 16.1. The fourth-order valence-corrected chi connectivity index (χ4v) is 2.57. The van der Waals surface area contributed by atoms with Gasteiger partial charge in [0.1, 0.15) is 5.75 Å². The normalized spacial score (nSPS) is 11.6. The van der Waals surface area contributed by atoms with Gasteiger partial charge in [-0.05, 0) is 61.2 Å². The topological polar surface area (TPSA) is 56.8 Å². The van der Waals surface area contributed by atoms with Gasteiger partial charge in [-0.2, -0.15) is 0 Å². The number of hydrogen-bond donors (Lipinski definition) is 1. The van der Waals surface area contributed by atoms with E-state index >= 15 is 0 Å². The van der Waals surface area contributed by atoms with Crippen LogP contribution >= 0.6 is 0 Å². The smallest absolute Gasteiger partial charge is 0.261 e. The third-order valence-corrected chi connectivity index (χ3v) is 4.33. The summed E-state index contributed by atoms with van der Waals surface area (Å²) in [6, 6.07) is 11.4. The molecule has 0 fully saturated rings. The fourth-order valence-electron chi connectivity index (χ4n) is 2.57. The molecule has 140 valence electrons. The Morgan fingerprint density at radius 2 is 1.73 bits per heavy atom. The maximum absolute atomic E-state index is 12.5. The van der Waals surface area contributed by atoms with Gasteiger partial charge in [-0.25, -0.2) is 0 Å². The van der Waals surface area contributed by atoms with E-state index < -0.39 is 6.10 Å². The lowest BCUT2D eigenvalue weighted by Crippen LogP contribution is -2.37. The lowest BCUT2D eigenvalue weighted by atomic mass is 10.1. The molecule has 26 heavy (non-hydrogen) atoms. The van der Waals surface area contributed by atoms with Crippen LogP contribution in [0.3, 0.4) is 0 Å². The van der Waals surface area contributed by atoms with Gasteiger partial charge in [0.25, 0.3) is 5.91 Å². The number of rotatable bonds is 8. The fraction of sp³-hybridized carbons (Fsp3) is 0.381. The summed E-state index contributed by atoms with van der Waals surface area (Å²) in [6.07, 6.45) is 0.0577. The maximum Gasteiger partial charge on any atom is 0.261 e. The highest BCUT2D eigenvalue weighted by Crippen LogP contribution is 2.27. The summed E-state index contributed by atoms with van der Waals surface area (Å²) < 4.78 is 16.4. The van der Waals surface area contributed by atoms with Gasteiger partial charge in [-0.3, -0.25) is 4.79 Å². The second-order valence-electron chi connectivity index (χ2n) is 6.17. The molecule has 1 N–H and O–H groups in total. The number of nitrogens with one attached hydrogen (secondary N) is 1. The molecule has 0 spiro atoms. The Bertz CT molecular complexity index is 758. The average molecular weight is 357 g/mol. The quantitative estimate of drug-likeness (QED) is 0.781. The minimum absolute atomic E-state index is 0.138. The number of carbonyl (C=O) groups excluding carboxylic acids is 1. The highest BCUT2D eigenvalue weighted by Gasteiger charge is 2.18. The molecule has 5 heteroatoms. The highest BCUT2D eigenvalue weighted by atomic mass is 16.5. The molecule has 1 atom stereocenters. The van der Waals surface area contributed by atoms with Crippen molar-refractivity contribution in [3.8, 4) is 17.2 Å². The molecule has 0 heterocycles. The molecule has 1 amide bonds. The van der Waals surface area contributed by atoms with Crippen LogP contribution in [0.5, 0.6) is 17.2 Å². The first-order valence-electron chi connectivity index (χ1n) is 8.71. The molecule has 2 aromatic rings. The van der Waals surface area contributed by atoms with Crippen LogP contribution in [-0.2, 0) is 11.3 Å². The molecule has 0 bridgehead atoms. The molecule has 0 saturated carbocycles. The van der Waals surface area contributed by atoms with Gasteiger partial charge >= 0.3 is 0 Å². The van der Waals surface area contributed by atoms with Crippen molar-refractivity contribution in [2.75, 3.05) is 14.2 Å². The Morgan fingerprint density at radius 1 is 1.00 bits per heavy atom. The van der Waals surface area contributed by atoms with Crippen LogP contribution < -0.4 is 19.5 Å². The number of benzene rings is 2. The first kappa shape index (κ1) is 19.6. The predicted molar refractivity (Wildman–Crippen MR) is 102 cm³/mol. The molecule has 0 saturated heterocycles. The van der Waals surface area contributed by atoms with Crippen LogP contribution in [-0.4, -0.2) is 26.2 Å². The van der Waals surface area contributed by atoms with Crippen molar-refractivity contribution in [1.29, 1.82) is 0 Å². The molecule has 2 aromatic carbocycles. The Labute approximate surface area is 155 Å². The van der Waals surface area contributed by atoms with Crippen molar-refractivity contribution >= 4 is 5.91 Å². The Hall–Kier alpha value is -2.69. The molecular weight excluding hydrogens is 330 g/mol. The van der Waals surface area contributed by atoms with Gasteiger partial charge in [0, 0.05) is 6.54 Å². The lowest BCUT2D eigenvalue weighted by Gasteiger charge is -2.18. The molecule has 0 radical (unpaired) electrons. The number of methoxy groups -OCH3 is 2. The molecular formula is C21H27NO4. The summed E-state index contributed by atoms with van der Waals surface area (Å²) in [7, 11) is 3.18. The van der Waals surface area contributed by atoms with E-state index in [1.165, 1.54) is 5.56 Å². The third-order valence-electron chi connectivity index (χ3n) is 4.33. The Kier molecular flexibility index (Phi) is 6.89. The number of aryl methyl sites for hydroxylation is 2. The summed E-state index contributed by atoms with van der Waals surface area (Å²) in [5.41, 5.74) is 3.27. The van der Waals surface area contributed by atoms with E-state index in [1.54, 1.807) is 14.2 Å². The lowest BCUT2D eigenvalue weighted by molar-refractivity contribution is -0.128. The number of carbonyl (C=O) groups is 1. The van der Waals surface area contributed by atoms with Gasteiger partial charge < -0.3 is 19.5 Å². The first-order valence-corrected chi connectivity index (χ1v) is 8.71. The van der Waals surface area contributed by atoms with Gasteiger partial charge in [0.15, 0.2) is 17.6 Å². The van der Waals surface area contributed by atoms with Gasteiger partial charge in [0.05, 0.1) is 14.2 Å². The summed E-state index contributed by atoms with van der Waals surface area (Å²) in [4.78, 5) is 12.5. The zero-order chi connectivity index (χ0) is 19.1. The second-order valence-corrected chi connectivity index (χ2v) is 6.17. The van der Waals surface area contributed by atoms with Crippen molar-refractivity contribution in [1.82, 2.24) is 5.32 Å². The Morgan fingerprint density at radius 3 is 2.35 bits per heavy atom. The highest BCUT2D eigenvalue weighted by molar-refractivity contribution is 5.81. The number of amides is 1. The third kappa shape index (κ3) is 4.91. The van der Waals surface area contributed by atoms with E-state index in [4.69, 9.17) is 14.2 Å². The first-order chi connectivity index (χ1) is 12.5. The monoisotopic (exact) mass is 357 g/mol. The van der Waals surface area contributed by atoms with E-state index in [2.05, 4.69) is 5.32 Å². The van der Waals surface area contributed by atoms with Gasteiger partial charge in [-0.1, -0.05) is 19.1 Å². The molecule has 0 aliphatic carbocycles. The second kappa shape index (κ2) is 9.13. The van der Waals surface area contributed by atoms with Crippen LogP contribution in [0.25, 0.3) is 0 Å².